The van der Waals surface area contributed by atoms with Gasteiger partial charge < -0.3 is 15.0 Å². The van der Waals surface area contributed by atoms with Crippen molar-refractivity contribution in [1.29, 1.82) is 0 Å². The quantitative estimate of drug-likeness (QED) is 0.588. The lowest BCUT2D eigenvalue weighted by Gasteiger charge is -2.33. The Kier molecular flexibility index (Phi) is 7.11. The average molecular weight is 435 g/mol. The second-order valence-electron chi connectivity index (χ2n) is 8.26. The molecule has 1 unspecified atom stereocenters. The molecule has 8 heteroatoms. The highest BCUT2D eigenvalue weighted by molar-refractivity contribution is 5.89. The molecule has 0 aliphatic carbocycles. The van der Waals surface area contributed by atoms with Crippen molar-refractivity contribution in [2.45, 2.75) is 45.2 Å². The highest BCUT2D eigenvalue weighted by atomic mass is 16.5. The highest BCUT2D eigenvalue weighted by Crippen LogP contribution is 2.20. The van der Waals surface area contributed by atoms with Crippen molar-refractivity contribution in [1.82, 2.24) is 20.3 Å². The van der Waals surface area contributed by atoms with Crippen LogP contribution in [0.4, 0.5) is 16.4 Å². The van der Waals surface area contributed by atoms with Crippen LogP contribution in [0.15, 0.2) is 48.7 Å². The number of hydrogen-bond acceptors (Lipinski definition) is 6. The Labute approximate surface area is 188 Å². The molecule has 1 fully saturated rings. The summed E-state index contributed by atoms with van der Waals surface area (Å²) in [5, 5.41) is 5.80. The van der Waals surface area contributed by atoms with Gasteiger partial charge in [0.2, 0.25) is 0 Å². The third kappa shape index (κ3) is 5.70. The van der Waals surface area contributed by atoms with Gasteiger partial charge in [-0.05, 0) is 50.8 Å². The van der Waals surface area contributed by atoms with Crippen LogP contribution in [-0.4, -0.2) is 52.8 Å². The number of nitrogens with zero attached hydrogens (tertiary/aromatic N) is 4. The van der Waals surface area contributed by atoms with Crippen molar-refractivity contribution in [3.63, 3.8) is 0 Å². The number of morpholine rings is 1. The summed E-state index contributed by atoms with van der Waals surface area (Å²) in [4.78, 5) is 28.3. The predicted molar refractivity (Wildman–Crippen MR) is 126 cm³/mol. The van der Waals surface area contributed by atoms with E-state index in [4.69, 9.17) is 4.74 Å². The van der Waals surface area contributed by atoms with Gasteiger partial charge in [0.15, 0.2) is 5.65 Å². The van der Waals surface area contributed by atoms with E-state index in [9.17, 15) is 4.79 Å². The summed E-state index contributed by atoms with van der Waals surface area (Å²) in [5.41, 5.74) is 2.52. The molecular formula is C24H30N6O2. The van der Waals surface area contributed by atoms with Crippen molar-refractivity contribution in [3.05, 3.63) is 54.2 Å². The first-order valence-electron chi connectivity index (χ1n) is 11.2. The number of carbonyl (C=O) groups is 1. The summed E-state index contributed by atoms with van der Waals surface area (Å²) in [6.45, 7) is 6.21. The van der Waals surface area contributed by atoms with Gasteiger partial charge in [-0.2, -0.15) is 0 Å². The maximum Gasteiger partial charge on any atom is 0.320 e. The van der Waals surface area contributed by atoms with Crippen LogP contribution in [0.5, 0.6) is 0 Å². The second kappa shape index (κ2) is 10.4. The fourth-order valence-corrected chi connectivity index (χ4v) is 3.87. The number of aromatic nitrogens is 3. The molecule has 2 N–H and O–H groups in total. The van der Waals surface area contributed by atoms with E-state index in [1.807, 2.05) is 19.1 Å². The van der Waals surface area contributed by atoms with Gasteiger partial charge >= 0.3 is 6.03 Å². The molecule has 0 radical (unpaired) electrons. The third-order valence-corrected chi connectivity index (χ3v) is 5.62. The van der Waals surface area contributed by atoms with E-state index in [1.165, 1.54) is 5.56 Å². The molecule has 0 spiro atoms. The number of fused-ring (bicyclic) bond motifs is 1. The number of nitrogens with one attached hydrogen (secondary N) is 2. The molecule has 3 aromatic rings. The molecule has 1 aromatic carbocycles. The maximum atomic E-state index is 12.4. The first-order valence-corrected chi connectivity index (χ1v) is 11.2. The van der Waals surface area contributed by atoms with E-state index in [1.54, 1.807) is 12.3 Å². The topological polar surface area (TPSA) is 92.3 Å². The summed E-state index contributed by atoms with van der Waals surface area (Å²) in [6.07, 6.45) is 4.68. The van der Waals surface area contributed by atoms with Crippen LogP contribution in [0.1, 0.15) is 32.3 Å². The number of amides is 2. The van der Waals surface area contributed by atoms with Gasteiger partial charge in [-0.25, -0.2) is 19.7 Å². The first kappa shape index (κ1) is 22.0. The molecule has 1 saturated heterocycles. The van der Waals surface area contributed by atoms with E-state index in [0.717, 1.165) is 31.6 Å². The van der Waals surface area contributed by atoms with Crippen LogP contribution in [0, 0.1) is 0 Å². The van der Waals surface area contributed by atoms with Gasteiger partial charge in [0.25, 0.3) is 0 Å². The van der Waals surface area contributed by atoms with E-state index in [-0.39, 0.29) is 18.1 Å². The summed E-state index contributed by atoms with van der Waals surface area (Å²) < 4.78 is 5.50. The number of aryl methyl sites for hydroxylation is 1. The molecule has 4 rings (SSSR count). The number of urea groups is 1. The van der Waals surface area contributed by atoms with Crippen molar-refractivity contribution in [2.75, 3.05) is 30.0 Å². The Morgan fingerprint density at radius 1 is 1.22 bits per heavy atom. The van der Waals surface area contributed by atoms with Crippen molar-refractivity contribution < 1.29 is 9.53 Å². The summed E-state index contributed by atoms with van der Waals surface area (Å²) in [7, 11) is 0. The Bertz CT molecular complexity index is 1050. The van der Waals surface area contributed by atoms with Gasteiger partial charge in [0.05, 0.1) is 25.5 Å². The Morgan fingerprint density at radius 2 is 2.06 bits per heavy atom. The van der Waals surface area contributed by atoms with Gasteiger partial charge in [0.1, 0.15) is 17.2 Å². The molecule has 0 saturated carbocycles. The third-order valence-electron chi connectivity index (χ3n) is 5.62. The van der Waals surface area contributed by atoms with Crippen molar-refractivity contribution in [3.8, 4) is 0 Å². The minimum Gasteiger partial charge on any atom is -0.377 e. The van der Waals surface area contributed by atoms with E-state index < -0.39 is 0 Å². The highest BCUT2D eigenvalue weighted by Gasteiger charge is 2.21. The lowest BCUT2D eigenvalue weighted by Crippen LogP contribution is -2.44. The lowest BCUT2D eigenvalue weighted by atomic mass is 10.1. The molecule has 168 valence electrons. The maximum absolute atomic E-state index is 12.4. The van der Waals surface area contributed by atoms with Crippen LogP contribution in [0.2, 0.25) is 0 Å². The molecule has 3 heterocycles. The first-order chi connectivity index (χ1) is 15.6. The molecule has 1 aliphatic heterocycles. The van der Waals surface area contributed by atoms with Crippen LogP contribution in [0.3, 0.4) is 0 Å². The molecule has 0 bridgehead atoms. The largest absolute Gasteiger partial charge is 0.377 e. The van der Waals surface area contributed by atoms with Crippen molar-refractivity contribution >= 4 is 28.8 Å². The Morgan fingerprint density at radius 3 is 2.88 bits per heavy atom. The van der Waals surface area contributed by atoms with Gasteiger partial charge in [-0.15, -0.1) is 0 Å². The van der Waals surface area contributed by atoms with E-state index in [2.05, 4.69) is 61.7 Å². The summed E-state index contributed by atoms with van der Waals surface area (Å²) >= 11 is 0. The van der Waals surface area contributed by atoms with Crippen LogP contribution in [-0.2, 0) is 11.2 Å². The molecule has 32 heavy (non-hydrogen) atoms. The summed E-state index contributed by atoms with van der Waals surface area (Å²) in [5.74, 6) is 1.22. The second-order valence-corrected chi connectivity index (χ2v) is 8.26. The van der Waals surface area contributed by atoms with Crippen LogP contribution >= 0.6 is 0 Å². The standard InChI is InChI=1S/C24H30N6O2/c1-17(7-6-10-19-8-4-3-5-9-19)26-24(31)28-21-12-11-20-23(27-21)29-22(15-25-20)30-13-14-32-16-18(30)2/h3-5,8-9,11-12,15,17-18H,6-7,10,13-14,16H2,1-2H3,(H2,26,27,28,29,31)/t17-,18?/m1/s1. The van der Waals surface area contributed by atoms with Crippen LogP contribution in [0.25, 0.3) is 11.2 Å². The molecule has 2 atom stereocenters. The summed E-state index contributed by atoms with van der Waals surface area (Å²) in [6, 6.07) is 14.0. The average Bonchev–Trinajstić information content (AvgIpc) is 2.79. The van der Waals surface area contributed by atoms with Gasteiger partial charge in [-0.3, -0.25) is 5.32 Å². The zero-order chi connectivity index (χ0) is 22.3. The smallest absolute Gasteiger partial charge is 0.320 e. The number of carbonyl (C=O) groups excluding carboxylic acids is 1. The Hall–Kier alpha value is -3.26. The van der Waals surface area contributed by atoms with Crippen molar-refractivity contribution in [2.24, 2.45) is 0 Å². The molecule has 2 amide bonds. The van der Waals surface area contributed by atoms with Gasteiger partial charge in [-0.1, -0.05) is 30.3 Å². The minimum atomic E-state index is -0.269. The zero-order valence-corrected chi connectivity index (χ0v) is 18.6. The number of anilines is 2. The predicted octanol–water partition coefficient (Wildman–Crippen LogP) is 3.78. The number of benzene rings is 1. The normalized spacial score (nSPS) is 17.2. The number of ether oxygens (including phenoxy) is 1. The number of pyridine rings is 1. The SMILES string of the molecule is CC1COCCN1c1cnc2ccc(NC(=O)N[C@H](C)CCCc3ccccc3)nc2n1. The fraction of sp³-hybridized carbons (Fsp3) is 0.417. The molecular weight excluding hydrogens is 404 g/mol. The lowest BCUT2D eigenvalue weighted by molar-refractivity contribution is 0.0985. The minimum absolute atomic E-state index is 0.0633. The molecule has 1 aliphatic rings. The number of rotatable bonds is 7. The molecule has 8 nitrogen and oxygen atoms in total. The monoisotopic (exact) mass is 434 g/mol. The van der Waals surface area contributed by atoms with E-state index >= 15 is 0 Å². The fourth-order valence-electron chi connectivity index (χ4n) is 3.87. The zero-order valence-electron chi connectivity index (χ0n) is 18.6. The molecule has 2 aromatic heterocycles. The number of hydrogen-bond donors (Lipinski definition) is 2. The van der Waals surface area contributed by atoms with Gasteiger partial charge in [0, 0.05) is 12.6 Å². The van der Waals surface area contributed by atoms with E-state index in [0.29, 0.717) is 30.2 Å². The Balaban J connectivity index is 1.33. The van der Waals surface area contributed by atoms with Crippen LogP contribution < -0.4 is 15.5 Å².